The van der Waals surface area contributed by atoms with Gasteiger partial charge >= 0.3 is 0 Å². The molecule has 1 atom stereocenters. The minimum absolute atomic E-state index is 0.191. The molecule has 0 aromatic heterocycles. The Bertz CT molecular complexity index is 327. The quantitative estimate of drug-likeness (QED) is 0.738. The lowest BCUT2D eigenvalue weighted by Crippen LogP contribution is -2.24. The summed E-state index contributed by atoms with van der Waals surface area (Å²) in [4.78, 5) is 2.14. The molecule has 0 aliphatic rings. The van der Waals surface area contributed by atoms with Crippen LogP contribution in [0.4, 0.5) is 0 Å². The zero-order chi connectivity index (χ0) is 11.8. The predicted molar refractivity (Wildman–Crippen MR) is 66.0 cm³/mol. The third-order valence-electron chi connectivity index (χ3n) is 2.39. The second kappa shape index (κ2) is 7.00. The average molecular weight is 217 g/mol. The van der Waals surface area contributed by atoms with Gasteiger partial charge in [-0.1, -0.05) is 30.3 Å². The highest BCUT2D eigenvalue weighted by molar-refractivity contribution is 5.23. The topological polar surface area (TPSA) is 39.1 Å². The first-order valence-corrected chi connectivity index (χ1v) is 5.56. The summed E-state index contributed by atoms with van der Waals surface area (Å²) in [7, 11) is 4.11. The van der Waals surface area contributed by atoms with Crippen molar-refractivity contribution < 1.29 is 0 Å². The van der Waals surface area contributed by atoms with E-state index in [1.54, 1.807) is 0 Å². The first kappa shape index (κ1) is 12.7. The summed E-state index contributed by atoms with van der Waals surface area (Å²) in [6, 6.07) is 11.9. The van der Waals surface area contributed by atoms with Crippen molar-refractivity contribution in [1.82, 2.24) is 10.2 Å². The molecule has 1 rings (SSSR count). The molecule has 16 heavy (non-hydrogen) atoms. The molecule has 0 amide bonds. The van der Waals surface area contributed by atoms with Gasteiger partial charge in [0, 0.05) is 0 Å². The van der Waals surface area contributed by atoms with Crippen LogP contribution in [0.1, 0.15) is 18.0 Å². The Labute approximate surface area is 97.7 Å². The highest BCUT2D eigenvalue weighted by atomic mass is 15.1. The molecule has 1 aromatic carbocycles. The van der Waals surface area contributed by atoms with Crippen molar-refractivity contribution >= 4 is 0 Å². The average Bonchev–Trinajstić information content (AvgIpc) is 2.30. The second-order valence-electron chi connectivity index (χ2n) is 4.08. The van der Waals surface area contributed by atoms with Crippen molar-refractivity contribution in [3.05, 3.63) is 35.9 Å². The predicted octanol–water partition coefficient (Wildman–Crippen LogP) is 1.79. The van der Waals surface area contributed by atoms with E-state index in [-0.39, 0.29) is 6.04 Å². The third-order valence-corrected chi connectivity index (χ3v) is 2.39. The fourth-order valence-electron chi connectivity index (χ4n) is 1.53. The van der Waals surface area contributed by atoms with Crippen molar-refractivity contribution in [3.63, 3.8) is 0 Å². The van der Waals surface area contributed by atoms with E-state index >= 15 is 0 Å². The molecule has 0 fully saturated rings. The highest BCUT2D eigenvalue weighted by Gasteiger charge is 2.07. The monoisotopic (exact) mass is 217 g/mol. The number of nitrogens with one attached hydrogen (secondary N) is 1. The number of nitriles is 1. The van der Waals surface area contributed by atoms with Gasteiger partial charge in [0.2, 0.25) is 0 Å². The highest BCUT2D eigenvalue weighted by Crippen LogP contribution is 2.10. The molecule has 0 saturated carbocycles. The molecule has 0 aliphatic heterocycles. The number of rotatable bonds is 6. The van der Waals surface area contributed by atoms with Gasteiger partial charge in [-0.25, -0.2) is 0 Å². The van der Waals surface area contributed by atoms with E-state index < -0.39 is 0 Å². The van der Waals surface area contributed by atoms with Crippen LogP contribution in [0.2, 0.25) is 0 Å². The summed E-state index contributed by atoms with van der Waals surface area (Å²) in [6.45, 7) is 1.91. The van der Waals surface area contributed by atoms with Crippen molar-refractivity contribution in [2.45, 2.75) is 12.5 Å². The molecule has 3 nitrogen and oxygen atoms in total. The second-order valence-corrected chi connectivity index (χ2v) is 4.08. The summed E-state index contributed by atoms with van der Waals surface area (Å²) >= 11 is 0. The summed E-state index contributed by atoms with van der Waals surface area (Å²) in [5.74, 6) is 0. The minimum Gasteiger partial charge on any atom is -0.309 e. The molecule has 3 heteroatoms. The normalized spacial score (nSPS) is 12.4. The minimum atomic E-state index is -0.191. The van der Waals surface area contributed by atoms with E-state index in [4.69, 9.17) is 5.26 Å². The summed E-state index contributed by atoms with van der Waals surface area (Å²) in [6.07, 6.45) is 1.05. The number of hydrogen-bond acceptors (Lipinski definition) is 3. The van der Waals surface area contributed by atoms with Crippen LogP contribution in [-0.2, 0) is 0 Å². The van der Waals surface area contributed by atoms with Crippen molar-refractivity contribution in [2.24, 2.45) is 0 Å². The Hall–Kier alpha value is -1.37. The Morgan fingerprint density at radius 3 is 2.56 bits per heavy atom. The van der Waals surface area contributed by atoms with E-state index in [0.717, 1.165) is 25.1 Å². The van der Waals surface area contributed by atoms with Gasteiger partial charge in [-0.05, 0) is 39.2 Å². The largest absolute Gasteiger partial charge is 0.309 e. The van der Waals surface area contributed by atoms with Gasteiger partial charge in [0.1, 0.15) is 6.04 Å². The Morgan fingerprint density at radius 1 is 1.31 bits per heavy atom. The molecule has 0 bridgehead atoms. The molecular formula is C13H19N3. The van der Waals surface area contributed by atoms with E-state index in [1.165, 1.54) is 0 Å². The van der Waals surface area contributed by atoms with Crippen molar-refractivity contribution in [1.29, 1.82) is 5.26 Å². The lowest BCUT2D eigenvalue weighted by molar-refractivity contribution is 0.392. The van der Waals surface area contributed by atoms with E-state index in [2.05, 4.69) is 30.4 Å². The zero-order valence-corrected chi connectivity index (χ0v) is 9.98. The molecular weight excluding hydrogens is 198 g/mol. The van der Waals surface area contributed by atoms with Crippen LogP contribution in [0.5, 0.6) is 0 Å². The van der Waals surface area contributed by atoms with E-state index in [1.807, 2.05) is 30.3 Å². The van der Waals surface area contributed by atoms with Gasteiger partial charge < -0.3 is 4.90 Å². The lowest BCUT2D eigenvalue weighted by Gasteiger charge is -2.13. The molecule has 0 radical (unpaired) electrons. The summed E-state index contributed by atoms with van der Waals surface area (Å²) in [5.41, 5.74) is 1.04. The first-order chi connectivity index (χ1) is 7.74. The van der Waals surface area contributed by atoms with Crippen LogP contribution < -0.4 is 5.32 Å². The maximum absolute atomic E-state index is 9.07. The van der Waals surface area contributed by atoms with Gasteiger partial charge in [-0.2, -0.15) is 5.26 Å². The van der Waals surface area contributed by atoms with Gasteiger partial charge in [0.25, 0.3) is 0 Å². The Balaban J connectivity index is 2.37. The Morgan fingerprint density at radius 2 is 2.00 bits per heavy atom. The fraction of sp³-hybridized carbons (Fsp3) is 0.462. The van der Waals surface area contributed by atoms with Gasteiger partial charge in [0.05, 0.1) is 6.07 Å². The number of benzene rings is 1. The van der Waals surface area contributed by atoms with Crippen molar-refractivity contribution in [2.75, 3.05) is 27.2 Å². The van der Waals surface area contributed by atoms with Crippen molar-refractivity contribution in [3.8, 4) is 6.07 Å². The molecule has 0 spiro atoms. The fourth-order valence-corrected chi connectivity index (χ4v) is 1.53. The summed E-state index contributed by atoms with van der Waals surface area (Å²) < 4.78 is 0. The molecule has 86 valence electrons. The summed E-state index contributed by atoms with van der Waals surface area (Å²) in [5, 5.41) is 12.3. The van der Waals surface area contributed by atoms with Crippen LogP contribution in [0.15, 0.2) is 30.3 Å². The number of nitrogens with zero attached hydrogens (tertiary/aromatic N) is 2. The van der Waals surface area contributed by atoms with Gasteiger partial charge in [0.15, 0.2) is 0 Å². The van der Waals surface area contributed by atoms with Crippen LogP contribution >= 0.6 is 0 Å². The number of hydrogen-bond donors (Lipinski definition) is 1. The van der Waals surface area contributed by atoms with Crippen LogP contribution in [0.3, 0.4) is 0 Å². The molecule has 0 aliphatic carbocycles. The molecule has 0 saturated heterocycles. The first-order valence-electron chi connectivity index (χ1n) is 5.56. The maximum atomic E-state index is 9.07. The standard InChI is InChI=1S/C13H19N3/c1-16(2)10-6-9-15-13(11-14)12-7-4-3-5-8-12/h3-5,7-8,13,15H,6,9-10H2,1-2H3. The van der Waals surface area contributed by atoms with Crippen LogP contribution in [-0.4, -0.2) is 32.1 Å². The van der Waals surface area contributed by atoms with E-state index in [0.29, 0.717) is 0 Å². The molecule has 1 aromatic rings. The van der Waals surface area contributed by atoms with E-state index in [9.17, 15) is 0 Å². The van der Waals surface area contributed by atoms with Gasteiger partial charge in [-0.3, -0.25) is 5.32 Å². The molecule has 1 unspecified atom stereocenters. The van der Waals surface area contributed by atoms with Gasteiger partial charge in [-0.15, -0.1) is 0 Å². The van der Waals surface area contributed by atoms with Crippen LogP contribution in [0.25, 0.3) is 0 Å². The Kier molecular flexibility index (Phi) is 5.55. The molecule has 0 heterocycles. The molecule has 1 N–H and O–H groups in total. The maximum Gasteiger partial charge on any atom is 0.121 e. The zero-order valence-electron chi connectivity index (χ0n) is 9.98. The lowest BCUT2D eigenvalue weighted by atomic mass is 10.1. The van der Waals surface area contributed by atoms with Crippen LogP contribution in [0, 0.1) is 11.3 Å². The SMILES string of the molecule is CN(C)CCCNC(C#N)c1ccccc1. The third kappa shape index (κ3) is 4.43. The smallest absolute Gasteiger partial charge is 0.121 e.